The highest BCUT2D eigenvalue weighted by Gasteiger charge is 2.20. The summed E-state index contributed by atoms with van der Waals surface area (Å²) in [5, 5.41) is 9.95. The van der Waals surface area contributed by atoms with Gasteiger partial charge in [0.2, 0.25) is 0 Å². The van der Waals surface area contributed by atoms with Crippen molar-refractivity contribution in [2.75, 3.05) is 4.90 Å². The minimum atomic E-state index is 1.08. The summed E-state index contributed by atoms with van der Waals surface area (Å²) in [5.41, 5.74) is 15.1. The second-order valence-electron chi connectivity index (χ2n) is 16.9. The van der Waals surface area contributed by atoms with Gasteiger partial charge in [0.1, 0.15) is 0 Å². The molecule has 12 aromatic rings. The van der Waals surface area contributed by atoms with E-state index in [-0.39, 0.29) is 0 Å². The van der Waals surface area contributed by atoms with E-state index in [4.69, 9.17) is 0 Å². The molecule has 12 aromatic carbocycles. The first kappa shape index (κ1) is 38.2. The van der Waals surface area contributed by atoms with Crippen molar-refractivity contribution in [3.8, 4) is 55.6 Å². The van der Waals surface area contributed by atoms with Gasteiger partial charge in [-0.15, -0.1) is 0 Å². The van der Waals surface area contributed by atoms with Gasteiger partial charge in [0.15, 0.2) is 0 Å². The normalized spacial score (nSPS) is 11.4. The summed E-state index contributed by atoms with van der Waals surface area (Å²) >= 11 is 0. The number of nitrogens with zero attached hydrogens (tertiary/aromatic N) is 1. The third-order valence-corrected chi connectivity index (χ3v) is 13.0. The van der Waals surface area contributed by atoms with Crippen LogP contribution in [0.1, 0.15) is 0 Å². The van der Waals surface area contributed by atoms with Crippen LogP contribution in [0.5, 0.6) is 0 Å². The fraction of sp³-hybridized carbons (Fsp3) is 0. The molecule has 0 aliphatic heterocycles. The van der Waals surface area contributed by atoms with Crippen molar-refractivity contribution in [2.45, 2.75) is 0 Å². The van der Waals surface area contributed by atoms with Crippen molar-refractivity contribution in [3.05, 3.63) is 261 Å². The third kappa shape index (κ3) is 7.20. The quantitative estimate of drug-likeness (QED) is 0.138. The predicted octanol–water partition coefficient (Wildman–Crippen LogP) is 18.1. The Balaban J connectivity index is 1.04. The number of fused-ring (bicyclic) bond motifs is 5. The van der Waals surface area contributed by atoms with E-state index in [0.29, 0.717) is 0 Å². The Morgan fingerprint density at radius 3 is 1.32 bits per heavy atom. The zero-order valence-electron chi connectivity index (χ0n) is 35.8. The first-order chi connectivity index (χ1) is 32.2. The highest BCUT2D eigenvalue weighted by Crippen LogP contribution is 2.45. The summed E-state index contributed by atoms with van der Waals surface area (Å²) in [4.78, 5) is 2.45. The van der Waals surface area contributed by atoms with Gasteiger partial charge in [-0.2, -0.15) is 0 Å². The van der Waals surface area contributed by atoms with Gasteiger partial charge in [0, 0.05) is 16.9 Å². The van der Waals surface area contributed by atoms with Crippen molar-refractivity contribution in [1.82, 2.24) is 0 Å². The van der Waals surface area contributed by atoms with Crippen LogP contribution in [0, 0.1) is 0 Å². The van der Waals surface area contributed by atoms with Crippen molar-refractivity contribution in [3.63, 3.8) is 0 Å². The topological polar surface area (TPSA) is 3.24 Å². The molecule has 0 atom stereocenters. The molecule has 12 rings (SSSR count). The molecule has 0 heterocycles. The second-order valence-corrected chi connectivity index (χ2v) is 16.9. The largest absolute Gasteiger partial charge is 0.310 e. The van der Waals surface area contributed by atoms with E-state index in [9.17, 15) is 0 Å². The molecule has 0 unspecified atom stereocenters. The Labute approximate surface area is 379 Å². The highest BCUT2D eigenvalue weighted by atomic mass is 15.1. The van der Waals surface area contributed by atoms with Gasteiger partial charge in [-0.05, 0) is 148 Å². The van der Waals surface area contributed by atoms with Gasteiger partial charge in [-0.25, -0.2) is 0 Å². The third-order valence-electron chi connectivity index (χ3n) is 13.0. The molecule has 0 aliphatic rings. The lowest BCUT2D eigenvalue weighted by Gasteiger charge is -2.29. The Hall–Kier alpha value is -8.52. The van der Waals surface area contributed by atoms with E-state index in [0.717, 1.165) is 28.2 Å². The molecular weight excluding hydrogens is 783 g/mol. The molecule has 1 nitrogen and oxygen atoms in total. The molecule has 0 amide bonds. The lowest BCUT2D eigenvalue weighted by Crippen LogP contribution is -2.11. The van der Waals surface area contributed by atoms with Crippen LogP contribution >= 0.6 is 0 Å². The van der Waals surface area contributed by atoms with Gasteiger partial charge in [-0.1, -0.05) is 206 Å². The number of rotatable bonds is 8. The van der Waals surface area contributed by atoms with Crippen molar-refractivity contribution in [2.24, 2.45) is 0 Å². The minimum Gasteiger partial charge on any atom is -0.310 e. The van der Waals surface area contributed by atoms with E-state index in [1.807, 2.05) is 0 Å². The van der Waals surface area contributed by atoms with E-state index in [1.165, 1.54) is 87.6 Å². The molecule has 0 radical (unpaired) electrons. The summed E-state index contributed by atoms with van der Waals surface area (Å²) in [6.45, 7) is 0. The average Bonchev–Trinajstić information content (AvgIpc) is 3.39. The summed E-state index contributed by atoms with van der Waals surface area (Å²) in [7, 11) is 0. The molecule has 0 spiro atoms. The maximum absolute atomic E-state index is 2.45. The number of anilines is 3. The minimum absolute atomic E-state index is 1.08. The van der Waals surface area contributed by atoms with Crippen molar-refractivity contribution < 1.29 is 0 Å². The Morgan fingerprint density at radius 2 is 0.646 bits per heavy atom. The number of hydrogen-bond donors (Lipinski definition) is 0. The molecule has 304 valence electrons. The fourth-order valence-corrected chi connectivity index (χ4v) is 9.69. The van der Waals surface area contributed by atoms with Crippen LogP contribution in [0.25, 0.3) is 98.7 Å². The van der Waals surface area contributed by atoms with Crippen LogP contribution in [-0.2, 0) is 0 Å². The van der Waals surface area contributed by atoms with E-state index >= 15 is 0 Å². The fourth-order valence-electron chi connectivity index (χ4n) is 9.69. The summed E-state index contributed by atoms with van der Waals surface area (Å²) < 4.78 is 0. The van der Waals surface area contributed by atoms with Gasteiger partial charge in [0.25, 0.3) is 0 Å². The van der Waals surface area contributed by atoms with Crippen molar-refractivity contribution >= 4 is 60.2 Å². The van der Waals surface area contributed by atoms with E-state index < -0.39 is 0 Å². The van der Waals surface area contributed by atoms with Crippen LogP contribution in [0.15, 0.2) is 261 Å². The lowest BCUT2D eigenvalue weighted by atomic mass is 9.93. The lowest BCUT2D eigenvalue weighted by molar-refractivity contribution is 1.28. The molecule has 65 heavy (non-hydrogen) atoms. The van der Waals surface area contributed by atoms with Crippen LogP contribution in [0.3, 0.4) is 0 Å². The zero-order chi connectivity index (χ0) is 43.1. The monoisotopic (exact) mass is 825 g/mol. The molecule has 0 bridgehead atoms. The van der Waals surface area contributed by atoms with Gasteiger partial charge < -0.3 is 4.90 Å². The molecule has 0 aromatic heterocycles. The number of hydrogen-bond acceptors (Lipinski definition) is 1. The number of benzene rings is 12. The summed E-state index contributed by atoms with van der Waals surface area (Å²) in [6, 6.07) is 95.5. The molecule has 0 saturated heterocycles. The first-order valence-electron chi connectivity index (χ1n) is 22.4. The predicted molar refractivity (Wildman–Crippen MR) is 278 cm³/mol. The summed E-state index contributed by atoms with van der Waals surface area (Å²) in [5.74, 6) is 0. The second kappa shape index (κ2) is 16.3. The first-order valence-corrected chi connectivity index (χ1v) is 22.4. The van der Waals surface area contributed by atoms with Crippen LogP contribution in [0.2, 0.25) is 0 Å². The average molecular weight is 826 g/mol. The standard InChI is InChI=1S/C64H43N/c1-2-13-44(14-3-1)51-20-12-21-52(39-51)47-29-34-57(35-30-47)65(58-36-31-48(32-37-58)63-42-55-19-8-9-22-59(55)61-23-10-11-24-62(61)63)64-43-54(53-27-25-45-15-4-6-17-49(45)40-53)33-38-60(64)56-28-26-46-16-5-7-18-50(46)41-56/h1-43H. The van der Waals surface area contributed by atoms with Gasteiger partial charge in [0.05, 0.1) is 5.69 Å². The maximum atomic E-state index is 2.45. The Morgan fingerprint density at radius 1 is 0.200 bits per heavy atom. The van der Waals surface area contributed by atoms with Gasteiger partial charge >= 0.3 is 0 Å². The van der Waals surface area contributed by atoms with Crippen LogP contribution < -0.4 is 4.90 Å². The highest BCUT2D eigenvalue weighted by molar-refractivity contribution is 6.14. The van der Waals surface area contributed by atoms with E-state index in [2.05, 4.69) is 266 Å². The van der Waals surface area contributed by atoms with E-state index in [1.54, 1.807) is 0 Å². The molecule has 0 aliphatic carbocycles. The molecule has 1 heteroatoms. The zero-order valence-corrected chi connectivity index (χ0v) is 35.8. The Kier molecular flexibility index (Phi) is 9.58. The molecular formula is C64H43N. The summed E-state index contributed by atoms with van der Waals surface area (Å²) in [6.07, 6.45) is 0. The van der Waals surface area contributed by atoms with Crippen molar-refractivity contribution in [1.29, 1.82) is 0 Å². The van der Waals surface area contributed by atoms with Crippen LogP contribution in [0.4, 0.5) is 17.1 Å². The Bertz CT molecular complexity index is 3700. The molecule has 0 N–H and O–H groups in total. The van der Waals surface area contributed by atoms with Crippen LogP contribution in [-0.4, -0.2) is 0 Å². The molecule has 0 saturated carbocycles. The molecule has 0 fully saturated rings. The maximum Gasteiger partial charge on any atom is 0.0546 e. The SMILES string of the molecule is c1ccc(-c2cccc(-c3ccc(N(c4ccc(-c5cc6ccccc6c6ccccc56)cc4)c4cc(-c5ccc6ccccc6c5)ccc4-c4ccc5ccccc5c4)cc3)c2)cc1. The smallest absolute Gasteiger partial charge is 0.0546 e. The van der Waals surface area contributed by atoms with Gasteiger partial charge in [-0.3, -0.25) is 0 Å².